The van der Waals surface area contributed by atoms with Crippen LogP contribution >= 0.6 is 23.2 Å². The van der Waals surface area contributed by atoms with Gasteiger partial charge in [-0.1, -0.05) is 41.4 Å². The maximum absolute atomic E-state index is 6.29. The molecule has 1 aromatic heterocycles. The number of hydrogen-bond acceptors (Lipinski definition) is 5. The standard InChI is InChI=1S/C18H17Cl2N3O3/c1-24-13-9-14(25-2)17(20)18(16(13)19)26-10-12-8-15(23-22-12)21-11-6-4-3-5-7-11/h3-9H,10H2,1-2H3,(H2,21,22,23). The first-order valence-corrected chi connectivity index (χ1v) is 8.47. The summed E-state index contributed by atoms with van der Waals surface area (Å²) in [4.78, 5) is 0. The average Bonchev–Trinajstić information content (AvgIpc) is 3.10. The smallest absolute Gasteiger partial charge is 0.164 e. The number of nitrogens with one attached hydrogen (secondary N) is 2. The quantitative estimate of drug-likeness (QED) is 0.587. The maximum atomic E-state index is 6.29. The summed E-state index contributed by atoms with van der Waals surface area (Å²) in [5.41, 5.74) is 1.63. The van der Waals surface area contributed by atoms with Crippen LogP contribution in [0.3, 0.4) is 0 Å². The summed E-state index contributed by atoms with van der Waals surface area (Å²) in [6.45, 7) is 0.169. The molecule has 0 aliphatic carbocycles. The molecule has 3 aromatic rings. The maximum Gasteiger partial charge on any atom is 0.164 e. The van der Waals surface area contributed by atoms with E-state index >= 15 is 0 Å². The molecule has 8 heteroatoms. The van der Waals surface area contributed by atoms with E-state index in [-0.39, 0.29) is 22.4 Å². The van der Waals surface area contributed by atoms with Crippen LogP contribution in [0.5, 0.6) is 17.2 Å². The van der Waals surface area contributed by atoms with Gasteiger partial charge in [-0.05, 0) is 12.1 Å². The minimum atomic E-state index is 0.169. The summed E-state index contributed by atoms with van der Waals surface area (Å²) in [7, 11) is 3.02. The van der Waals surface area contributed by atoms with Crippen molar-refractivity contribution in [2.75, 3.05) is 19.5 Å². The Kier molecular flexibility index (Phi) is 5.75. The molecule has 136 valence electrons. The van der Waals surface area contributed by atoms with E-state index in [4.69, 9.17) is 37.4 Å². The minimum absolute atomic E-state index is 0.169. The summed E-state index contributed by atoms with van der Waals surface area (Å²) in [5.74, 6) is 1.85. The van der Waals surface area contributed by atoms with E-state index in [1.165, 1.54) is 14.2 Å². The first-order chi connectivity index (χ1) is 12.6. The molecule has 0 unspecified atom stereocenters. The largest absolute Gasteiger partial charge is 0.495 e. The van der Waals surface area contributed by atoms with Crippen LogP contribution in [0.2, 0.25) is 10.0 Å². The second kappa shape index (κ2) is 8.21. The Balaban J connectivity index is 1.73. The normalized spacial score (nSPS) is 10.5. The van der Waals surface area contributed by atoms with Crippen LogP contribution in [0.1, 0.15) is 5.69 Å². The van der Waals surface area contributed by atoms with E-state index in [1.807, 2.05) is 36.4 Å². The monoisotopic (exact) mass is 393 g/mol. The van der Waals surface area contributed by atoms with E-state index in [9.17, 15) is 0 Å². The van der Waals surface area contributed by atoms with Gasteiger partial charge in [0, 0.05) is 17.8 Å². The molecule has 0 aliphatic rings. The number of methoxy groups -OCH3 is 2. The van der Waals surface area contributed by atoms with Gasteiger partial charge in [0.25, 0.3) is 0 Å². The van der Waals surface area contributed by atoms with Crippen molar-refractivity contribution in [3.63, 3.8) is 0 Å². The highest BCUT2D eigenvalue weighted by Crippen LogP contribution is 2.45. The number of benzene rings is 2. The molecule has 1 heterocycles. The van der Waals surface area contributed by atoms with Crippen LogP contribution in [0.4, 0.5) is 11.5 Å². The molecule has 6 nitrogen and oxygen atoms in total. The van der Waals surface area contributed by atoms with E-state index < -0.39 is 0 Å². The Bertz CT molecular complexity index is 857. The fourth-order valence-corrected chi connectivity index (χ4v) is 2.92. The Morgan fingerprint density at radius 2 is 1.65 bits per heavy atom. The predicted octanol–water partition coefficient (Wildman–Crippen LogP) is 5.06. The molecule has 3 rings (SSSR count). The van der Waals surface area contributed by atoms with E-state index in [0.29, 0.717) is 17.2 Å². The number of halogens is 2. The van der Waals surface area contributed by atoms with E-state index in [0.717, 1.165) is 11.5 Å². The van der Waals surface area contributed by atoms with Crippen LogP contribution in [-0.4, -0.2) is 24.4 Å². The minimum Gasteiger partial charge on any atom is -0.495 e. The van der Waals surface area contributed by atoms with Gasteiger partial charge in [-0.15, -0.1) is 0 Å². The Morgan fingerprint density at radius 1 is 1.00 bits per heavy atom. The highest BCUT2D eigenvalue weighted by atomic mass is 35.5. The molecule has 0 spiro atoms. The third kappa shape index (κ3) is 3.98. The van der Waals surface area contributed by atoms with Gasteiger partial charge in [-0.3, -0.25) is 5.10 Å². The van der Waals surface area contributed by atoms with Crippen LogP contribution in [-0.2, 0) is 6.61 Å². The molecule has 0 atom stereocenters. The Labute approximate surface area is 161 Å². The number of aromatic amines is 1. The lowest BCUT2D eigenvalue weighted by Crippen LogP contribution is -1.99. The van der Waals surface area contributed by atoms with Crippen molar-refractivity contribution < 1.29 is 14.2 Å². The van der Waals surface area contributed by atoms with Gasteiger partial charge in [0.15, 0.2) is 5.75 Å². The zero-order valence-corrected chi connectivity index (χ0v) is 15.7. The van der Waals surface area contributed by atoms with Gasteiger partial charge in [0.2, 0.25) is 0 Å². The zero-order chi connectivity index (χ0) is 18.5. The highest BCUT2D eigenvalue weighted by Gasteiger charge is 2.19. The number of rotatable bonds is 7. The summed E-state index contributed by atoms with van der Waals surface area (Å²) in [6.07, 6.45) is 0. The fourth-order valence-electron chi connectivity index (χ4n) is 2.31. The van der Waals surface area contributed by atoms with E-state index in [1.54, 1.807) is 6.07 Å². The number of para-hydroxylation sites is 1. The van der Waals surface area contributed by atoms with Crippen molar-refractivity contribution >= 4 is 34.7 Å². The predicted molar refractivity (Wildman–Crippen MR) is 102 cm³/mol. The van der Waals surface area contributed by atoms with Gasteiger partial charge in [-0.25, -0.2) is 0 Å². The lowest BCUT2D eigenvalue weighted by Gasteiger charge is -2.14. The van der Waals surface area contributed by atoms with Crippen molar-refractivity contribution in [1.29, 1.82) is 0 Å². The lowest BCUT2D eigenvalue weighted by molar-refractivity contribution is 0.296. The molecule has 0 saturated carbocycles. The van der Waals surface area contributed by atoms with Crippen LogP contribution in [0, 0.1) is 0 Å². The van der Waals surface area contributed by atoms with Crippen LogP contribution < -0.4 is 19.5 Å². The SMILES string of the molecule is COc1cc(OC)c(Cl)c(OCc2cc(Nc3ccccc3)[nH]n2)c1Cl. The molecule has 0 radical (unpaired) electrons. The van der Waals surface area contributed by atoms with Gasteiger partial charge in [-0.2, -0.15) is 5.10 Å². The number of nitrogens with zero attached hydrogens (tertiary/aromatic N) is 1. The number of H-pyrrole nitrogens is 1. The first kappa shape index (κ1) is 18.2. The average molecular weight is 394 g/mol. The molecule has 26 heavy (non-hydrogen) atoms. The second-order valence-electron chi connectivity index (χ2n) is 5.29. The molecule has 0 bridgehead atoms. The molecule has 0 amide bonds. The Hall–Kier alpha value is -2.57. The summed E-state index contributed by atoms with van der Waals surface area (Å²) in [5, 5.41) is 10.9. The van der Waals surface area contributed by atoms with Gasteiger partial charge >= 0.3 is 0 Å². The molecular weight excluding hydrogens is 377 g/mol. The highest BCUT2D eigenvalue weighted by molar-refractivity contribution is 6.39. The third-order valence-electron chi connectivity index (χ3n) is 3.58. The topological polar surface area (TPSA) is 68.4 Å². The molecule has 2 N–H and O–H groups in total. The molecule has 0 aliphatic heterocycles. The second-order valence-corrected chi connectivity index (χ2v) is 6.05. The molecule has 2 aromatic carbocycles. The number of anilines is 2. The Morgan fingerprint density at radius 3 is 2.27 bits per heavy atom. The first-order valence-electron chi connectivity index (χ1n) is 7.71. The van der Waals surface area contributed by atoms with Crippen molar-refractivity contribution in [1.82, 2.24) is 10.2 Å². The van der Waals surface area contributed by atoms with Crippen LogP contribution in [0.25, 0.3) is 0 Å². The summed E-state index contributed by atoms with van der Waals surface area (Å²) < 4.78 is 16.2. The van der Waals surface area contributed by atoms with Crippen LogP contribution in [0.15, 0.2) is 42.5 Å². The number of hydrogen-bond donors (Lipinski definition) is 2. The molecule has 0 saturated heterocycles. The lowest BCUT2D eigenvalue weighted by atomic mass is 10.3. The van der Waals surface area contributed by atoms with Crippen molar-refractivity contribution in [3.05, 3.63) is 58.2 Å². The van der Waals surface area contributed by atoms with E-state index in [2.05, 4.69) is 15.5 Å². The molecule has 0 fully saturated rings. The molecular formula is C18H17Cl2N3O3. The fraction of sp³-hybridized carbons (Fsp3) is 0.167. The van der Waals surface area contributed by atoms with Gasteiger partial charge < -0.3 is 19.5 Å². The zero-order valence-electron chi connectivity index (χ0n) is 14.2. The summed E-state index contributed by atoms with van der Waals surface area (Å²) >= 11 is 12.6. The van der Waals surface area contributed by atoms with Crippen molar-refractivity contribution in [2.45, 2.75) is 6.61 Å². The summed E-state index contributed by atoms with van der Waals surface area (Å²) in [6, 6.07) is 13.2. The number of aromatic nitrogens is 2. The third-order valence-corrected chi connectivity index (χ3v) is 4.30. The van der Waals surface area contributed by atoms with Gasteiger partial charge in [0.05, 0.1) is 14.2 Å². The van der Waals surface area contributed by atoms with Gasteiger partial charge in [0.1, 0.15) is 39.7 Å². The number of ether oxygens (including phenoxy) is 3. The van der Waals surface area contributed by atoms with Crippen molar-refractivity contribution in [2.24, 2.45) is 0 Å². The van der Waals surface area contributed by atoms with Crippen molar-refractivity contribution in [3.8, 4) is 17.2 Å².